The predicted molar refractivity (Wildman–Crippen MR) is 77.0 cm³/mol. The van der Waals surface area contributed by atoms with E-state index in [4.69, 9.17) is 5.73 Å². The topological polar surface area (TPSA) is 26.0 Å². The van der Waals surface area contributed by atoms with Crippen LogP contribution >= 0.6 is 12.6 Å². The Hall–Kier alpha value is -0.470. The highest BCUT2D eigenvalue weighted by molar-refractivity contribution is 7.81. The number of benzene rings is 1. The molecule has 0 heterocycles. The highest BCUT2D eigenvalue weighted by Gasteiger charge is 2.01. The number of thiol groups is 1. The second-order valence-corrected chi connectivity index (χ2v) is 6.32. The Kier molecular flexibility index (Phi) is 7.52. The molecule has 2 N–H and O–H groups in total. The monoisotopic (exact) mass is 239 g/mol. The first kappa shape index (κ1) is 15.5. The number of hydrogen-bond donors (Lipinski definition) is 2. The van der Waals surface area contributed by atoms with E-state index in [9.17, 15) is 0 Å². The first-order chi connectivity index (χ1) is 7.34. The fourth-order valence-corrected chi connectivity index (χ4v) is 1.18. The molecule has 0 fully saturated rings. The van der Waals surface area contributed by atoms with E-state index in [1.54, 1.807) is 0 Å². The van der Waals surface area contributed by atoms with Crippen LogP contribution in [0.1, 0.15) is 52.1 Å². The minimum absolute atomic E-state index is 0.194. The molecule has 0 aliphatic heterocycles. The summed E-state index contributed by atoms with van der Waals surface area (Å²) in [6.45, 7) is 8.31. The van der Waals surface area contributed by atoms with Crippen molar-refractivity contribution in [3.05, 3.63) is 35.9 Å². The SMILES string of the molecule is CC(C)(C)S.CCCC(N)c1ccccc1. The lowest BCUT2D eigenvalue weighted by atomic mass is 10.0. The minimum Gasteiger partial charge on any atom is -0.324 e. The summed E-state index contributed by atoms with van der Waals surface area (Å²) in [6, 6.07) is 10.5. The quantitative estimate of drug-likeness (QED) is 0.760. The molecule has 0 bridgehead atoms. The van der Waals surface area contributed by atoms with Crippen molar-refractivity contribution in [3.63, 3.8) is 0 Å². The van der Waals surface area contributed by atoms with Crippen LogP contribution in [0.4, 0.5) is 0 Å². The van der Waals surface area contributed by atoms with E-state index in [0.717, 1.165) is 12.8 Å². The van der Waals surface area contributed by atoms with Crippen molar-refractivity contribution in [3.8, 4) is 0 Å². The Balaban J connectivity index is 0.000000385. The Morgan fingerprint density at radius 2 is 1.62 bits per heavy atom. The summed E-state index contributed by atoms with van der Waals surface area (Å²) < 4.78 is 0.194. The summed E-state index contributed by atoms with van der Waals surface area (Å²) in [6.07, 6.45) is 2.22. The van der Waals surface area contributed by atoms with Gasteiger partial charge < -0.3 is 5.73 Å². The van der Waals surface area contributed by atoms with E-state index < -0.39 is 0 Å². The first-order valence-corrected chi connectivity index (χ1v) is 6.32. The van der Waals surface area contributed by atoms with E-state index in [-0.39, 0.29) is 10.8 Å². The van der Waals surface area contributed by atoms with Crippen LogP contribution in [0.3, 0.4) is 0 Å². The van der Waals surface area contributed by atoms with Gasteiger partial charge in [0.05, 0.1) is 0 Å². The van der Waals surface area contributed by atoms with Gasteiger partial charge in [0.15, 0.2) is 0 Å². The van der Waals surface area contributed by atoms with Crippen LogP contribution in [-0.2, 0) is 0 Å². The van der Waals surface area contributed by atoms with Gasteiger partial charge in [0.1, 0.15) is 0 Å². The molecule has 16 heavy (non-hydrogen) atoms. The van der Waals surface area contributed by atoms with Gasteiger partial charge in [-0.15, -0.1) is 0 Å². The smallest absolute Gasteiger partial charge is 0.0294 e. The predicted octanol–water partition coefficient (Wildman–Crippen LogP) is 4.20. The number of hydrogen-bond acceptors (Lipinski definition) is 2. The molecule has 2 heteroatoms. The van der Waals surface area contributed by atoms with Crippen LogP contribution in [0.15, 0.2) is 30.3 Å². The normalized spacial score (nSPS) is 12.6. The van der Waals surface area contributed by atoms with Crippen molar-refractivity contribution >= 4 is 12.6 Å². The Morgan fingerprint density at radius 1 is 1.19 bits per heavy atom. The van der Waals surface area contributed by atoms with Gasteiger partial charge >= 0.3 is 0 Å². The van der Waals surface area contributed by atoms with Crippen molar-refractivity contribution < 1.29 is 0 Å². The molecule has 1 aromatic carbocycles. The van der Waals surface area contributed by atoms with Crippen LogP contribution in [0.5, 0.6) is 0 Å². The molecule has 0 saturated carbocycles. The third-order valence-corrected chi connectivity index (χ3v) is 1.83. The minimum atomic E-state index is 0.194. The number of rotatable bonds is 3. The zero-order valence-electron chi connectivity index (χ0n) is 10.9. The summed E-state index contributed by atoms with van der Waals surface area (Å²) >= 11 is 4.12. The van der Waals surface area contributed by atoms with Crippen molar-refractivity contribution in [1.82, 2.24) is 0 Å². The molecule has 0 aliphatic rings. The van der Waals surface area contributed by atoms with Crippen LogP contribution in [0, 0.1) is 0 Å². The molecule has 0 aromatic heterocycles. The Morgan fingerprint density at radius 3 is 2.00 bits per heavy atom. The summed E-state index contributed by atoms with van der Waals surface area (Å²) in [5.41, 5.74) is 7.15. The summed E-state index contributed by atoms with van der Waals surface area (Å²) in [4.78, 5) is 0. The van der Waals surface area contributed by atoms with Gasteiger partial charge in [-0.05, 0) is 12.0 Å². The Labute approximate surface area is 106 Å². The second kappa shape index (κ2) is 7.75. The molecule has 1 unspecified atom stereocenters. The molecule has 0 radical (unpaired) electrons. The number of nitrogens with two attached hydrogens (primary N) is 1. The highest BCUT2D eigenvalue weighted by atomic mass is 32.1. The van der Waals surface area contributed by atoms with Gasteiger partial charge in [0, 0.05) is 10.8 Å². The summed E-state index contributed by atoms with van der Waals surface area (Å²) in [7, 11) is 0. The lowest BCUT2D eigenvalue weighted by Gasteiger charge is -2.09. The van der Waals surface area contributed by atoms with E-state index in [1.807, 2.05) is 18.2 Å². The molecule has 0 aliphatic carbocycles. The van der Waals surface area contributed by atoms with Crippen LogP contribution in [0.25, 0.3) is 0 Å². The standard InChI is InChI=1S/C10H15N.C4H10S/c1-2-6-10(11)9-7-4-3-5-8-9;1-4(2,3)5/h3-5,7-8,10H,2,6,11H2,1H3;5H,1-3H3. The van der Waals surface area contributed by atoms with Crippen LogP contribution in [0.2, 0.25) is 0 Å². The molecule has 0 saturated heterocycles. The molecule has 0 amide bonds. The molecule has 1 nitrogen and oxygen atoms in total. The van der Waals surface area contributed by atoms with Gasteiger partial charge in [0.25, 0.3) is 0 Å². The van der Waals surface area contributed by atoms with E-state index >= 15 is 0 Å². The van der Waals surface area contributed by atoms with Crippen LogP contribution < -0.4 is 5.73 Å². The molecule has 1 rings (SSSR count). The fourth-order valence-electron chi connectivity index (χ4n) is 1.18. The molecule has 1 atom stereocenters. The summed E-state index contributed by atoms with van der Waals surface area (Å²) in [5, 5.41) is 0. The molecule has 1 aromatic rings. The molecule has 92 valence electrons. The van der Waals surface area contributed by atoms with Gasteiger partial charge in [-0.3, -0.25) is 0 Å². The zero-order chi connectivity index (χ0) is 12.6. The van der Waals surface area contributed by atoms with Gasteiger partial charge in [0.2, 0.25) is 0 Å². The Bertz CT molecular complexity index is 258. The third kappa shape index (κ3) is 10.1. The maximum atomic E-state index is 5.91. The van der Waals surface area contributed by atoms with Gasteiger partial charge in [-0.1, -0.05) is 64.4 Å². The van der Waals surface area contributed by atoms with Crippen molar-refractivity contribution in [1.29, 1.82) is 0 Å². The van der Waals surface area contributed by atoms with Crippen molar-refractivity contribution in [2.45, 2.75) is 51.3 Å². The second-order valence-electron chi connectivity index (χ2n) is 4.98. The first-order valence-electron chi connectivity index (χ1n) is 5.87. The zero-order valence-corrected chi connectivity index (χ0v) is 11.8. The van der Waals surface area contributed by atoms with Crippen molar-refractivity contribution in [2.75, 3.05) is 0 Å². The average molecular weight is 239 g/mol. The van der Waals surface area contributed by atoms with Crippen molar-refractivity contribution in [2.24, 2.45) is 5.73 Å². The molecule has 0 spiro atoms. The van der Waals surface area contributed by atoms with Gasteiger partial charge in [-0.2, -0.15) is 12.6 Å². The molecular formula is C14H25NS. The van der Waals surface area contributed by atoms with E-state index in [2.05, 4.69) is 52.5 Å². The average Bonchev–Trinajstić information content (AvgIpc) is 2.17. The van der Waals surface area contributed by atoms with E-state index in [0.29, 0.717) is 0 Å². The lowest BCUT2D eigenvalue weighted by molar-refractivity contribution is 0.638. The highest BCUT2D eigenvalue weighted by Crippen LogP contribution is 2.14. The summed E-state index contributed by atoms with van der Waals surface area (Å²) in [5.74, 6) is 0. The maximum Gasteiger partial charge on any atom is 0.0294 e. The van der Waals surface area contributed by atoms with E-state index in [1.165, 1.54) is 5.56 Å². The lowest BCUT2D eigenvalue weighted by Crippen LogP contribution is -2.08. The molecular weight excluding hydrogens is 214 g/mol. The largest absolute Gasteiger partial charge is 0.324 e. The third-order valence-electron chi connectivity index (χ3n) is 1.83. The van der Waals surface area contributed by atoms with Gasteiger partial charge in [-0.25, -0.2) is 0 Å². The van der Waals surface area contributed by atoms with Crippen LogP contribution in [-0.4, -0.2) is 4.75 Å². The maximum absolute atomic E-state index is 5.91. The fraction of sp³-hybridized carbons (Fsp3) is 0.571.